The summed E-state index contributed by atoms with van der Waals surface area (Å²) < 4.78 is 1.19. The van der Waals surface area contributed by atoms with Crippen LogP contribution in [0, 0.1) is 0 Å². The SMILES string of the molecule is Clc1ccc(C(Br)Br)c(CI)c1. The fraction of sp³-hybridized carbons (Fsp3) is 0.250. The molecule has 0 aliphatic heterocycles. The Hall–Kier alpha value is 1.20. The van der Waals surface area contributed by atoms with Crippen molar-refractivity contribution in [2.75, 3.05) is 0 Å². The molecule has 0 aliphatic rings. The summed E-state index contributed by atoms with van der Waals surface area (Å²) in [6, 6.07) is 5.94. The molecule has 0 aliphatic carbocycles. The first kappa shape index (κ1) is 11.3. The number of alkyl halides is 3. The molecule has 0 saturated carbocycles. The van der Waals surface area contributed by atoms with Crippen LogP contribution in [0.4, 0.5) is 0 Å². The molecule has 0 nitrogen and oxygen atoms in total. The lowest BCUT2D eigenvalue weighted by Gasteiger charge is -2.08. The van der Waals surface area contributed by atoms with Crippen LogP contribution in [-0.4, -0.2) is 0 Å². The highest BCUT2D eigenvalue weighted by atomic mass is 127. The second-order valence-electron chi connectivity index (χ2n) is 2.28. The van der Waals surface area contributed by atoms with Gasteiger partial charge in [0.05, 0.1) is 3.74 Å². The molecule has 0 fully saturated rings. The van der Waals surface area contributed by atoms with Crippen LogP contribution in [0.5, 0.6) is 0 Å². The van der Waals surface area contributed by atoms with Crippen LogP contribution in [0.1, 0.15) is 14.9 Å². The average Bonchev–Trinajstić information content (AvgIpc) is 2.03. The highest BCUT2D eigenvalue weighted by molar-refractivity contribution is 14.1. The maximum atomic E-state index is 5.87. The summed E-state index contributed by atoms with van der Waals surface area (Å²) in [4.78, 5) is 0. The van der Waals surface area contributed by atoms with Gasteiger partial charge in [-0.1, -0.05) is 72.1 Å². The molecule has 0 bridgehead atoms. The molecule has 0 radical (unpaired) electrons. The minimum Gasteiger partial charge on any atom is -0.0843 e. The minimum absolute atomic E-state index is 0.215. The van der Waals surface area contributed by atoms with Crippen molar-refractivity contribution in [3.63, 3.8) is 0 Å². The zero-order chi connectivity index (χ0) is 9.14. The second-order valence-corrected chi connectivity index (χ2v) is 6.54. The fourth-order valence-electron chi connectivity index (χ4n) is 0.903. The van der Waals surface area contributed by atoms with Crippen LogP contribution >= 0.6 is 66.1 Å². The van der Waals surface area contributed by atoms with E-state index >= 15 is 0 Å². The van der Waals surface area contributed by atoms with Crippen molar-refractivity contribution >= 4 is 66.1 Å². The highest BCUT2D eigenvalue weighted by Crippen LogP contribution is 2.33. The molecule has 66 valence electrons. The van der Waals surface area contributed by atoms with E-state index in [2.05, 4.69) is 54.5 Å². The van der Waals surface area contributed by atoms with Gasteiger partial charge in [0.1, 0.15) is 0 Å². The van der Waals surface area contributed by atoms with Gasteiger partial charge in [0.25, 0.3) is 0 Å². The number of benzene rings is 1. The Morgan fingerprint density at radius 1 is 1.42 bits per heavy atom. The van der Waals surface area contributed by atoms with Crippen LogP contribution in [0.3, 0.4) is 0 Å². The maximum Gasteiger partial charge on any atom is 0.0949 e. The summed E-state index contributed by atoms with van der Waals surface area (Å²) in [7, 11) is 0. The first-order valence-corrected chi connectivity index (χ1v) is 7.01. The third-order valence-corrected chi connectivity index (χ3v) is 3.53. The summed E-state index contributed by atoms with van der Waals surface area (Å²) in [6.45, 7) is 0. The van der Waals surface area contributed by atoms with E-state index in [9.17, 15) is 0 Å². The third kappa shape index (κ3) is 2.86. The molecular weight excluding hydrogens is 418 g/mol. The molecule has 0 N–H and O–H groups in total. The third-order valence-electron chi connectivity index (χ3n) is 1.48. The average molecular weight is 424 g/mol. The lowest BCUT2D eigenvalue weighted by Crippen LogP contribution is -1.88. The molecule has 0 aromatic heterocycles. The summed E-state index contributed by atoms with van der Waals surface area (Å²) >= 11 is 15.1. The lowest BCUT2D eigenvalue weighted by atomic mass is 10.1. The van der Waals surface area contributed by atoms with E-state index in [4.69, 9.17) is 11.6 Å². The zero-order valence-electron chi connectivity index (χ0n) is 6.03. The van der Waals surface area contributed by atoms with E-state index in [0.29, 0.717) is 0 Å². The molecule has 0 unspecified atom stereocenters. The molecule has 0 spiro atoms. The van der Waals surface area contributed by atoms with Crippen molar-refractivity contribution in [3.05, 3.63) is 34.3 Å². The Labute approximate surface area is 107 Å². The molecule has 1 rings (SSSR count). The Morgan fingerprint density at radius 2 is 2.08 bits per heavy atom. The van der Waals surface area contributed by atoms with Crippen molar-refractivity contribution in [2.24, 2.45) is 0 Å². The quantitative estimate of drug-likeness (QED) is 0.460. The number of hydrogen-bond donors (Lipinski definition) is 0. The second kappa shape index (κ2) is 5.17. The van der Waals surface area contributed by atoms with Crippen LogP contribution in [-0.2, 0) is 4.43 Å². The van der Waals surface area contributed by atoms with Crippen LogP contribution in [0.2, 0.25) is 5.02 Å². The number of hydrogen-bond acceptors (Lipinski definition) is 0. The largest absolute Gasteiger partial charge is 0.0949 e. The van der Waals surface area contributed by atoms with Crippen molar-refractivity contribution < 1.29 is 0 Å². The summed E-state index contributed by atoms with van der Waals surface area (Å²) in [5.41, 5.74) is 2.51. The summed E-state index contributed by atoms with van der Waals surface area (Å²) in [6.07, 6.45) is 0. The van der Waals surface area contributed by atoms with E-state index < -0.39 is 0 Å². The maximum absolute atomic E-state index is 5.87. The number of halogens is 4. The molecule has 4 heteroatoms. The van der Waals surface area contributed by atoms with E-state index in [-0.39, 0.29) is 3.74 Å². The topological polar surface area (TPSA) is 0 Å². The van der Waals surface area contributed by atoms with Gasteiger partial charge in [-0.15, -0.1) is 0 Å². The van der Waals surface area contributed by atoms with E-state index in [1.54, 1.807) is 0 Å². The Bertz CT molecular complexity index is 276. The zero-order valence-corrected chi connectivity index (χ0v) is 12.1. The molecule has 0 amide bonds. The van der Waals surface area contributed by atoms with E-state index in [0.717, 1.165) is 9.45 Å². The van der Waals surface area contributed by atoms with Gasteiger partial charge in [-0.3, -0.25) is 0 Å². The molecule has 0 heterocycles. The Kier molecular flexibility index (Phi) is 4.86. The van der Waals surface area contributed by atoms with Crippen LogP contribution < -0.4 is 0 Å². The molecule has 0 saturated heterocycles. The predicted octanol–water partition coefficient (Wildman–Crippen LogP) is 5.06. The molecular formula is C8H6Br2ClI. The molecule has 1 aromatic rings. The number of rotatable bonds is 2. The normalized spacial score (nSPS) is 10.8. The van der Waals surface area contributed by atoms with E-state index in [1.807, 2.05) is 18.2 Å². The smallest absolute Gasteiger partial charge is 0.0843 e. The van der Waals surface area contributed by atoms with Gasteiger partial charge in [0, 0.05) is 9.45 Å². The molecule has 0 atom stereocenters. The summed E-state index contributed by atoms with van der Waals surface area (Å²) in [5.74, 6) is 0. The lowest BCUT2D eigenvalue weighted by molar-refractivity contribution is 1.30. The Morgan fingerprint density at radius 3 is 2.58 bits per heavy atom. The van der Waals surface area contributed by atoms with Crippen molar-refractivity contribution in [1.82, 2.24) is 0 Å². The van der Waals surface area contributed by atoms with Gasteiger partial charge in [0.15, 0.2) is 0 Å². The van der Waals surface area contributed by atoms with Gasteiger partial charge in [-0.05, 0) is 23.3 Å². The summed E-state index contributed by atoms with van der Waals surface area (Å²) in [5, 5.41) is 0.797. The predicted molar refractivity (Wildman–Crippen MR) is 69.8 cm³/mol. The van der Waals surface area contributed by atoms with Crippen molar-refractivity contribution in [1.29, 1.82) is 0 Å². The first-order valence-electron chi connectivity index (χ1n) is 3.27. The standard InChI is InChI=1S/C8H6Br2ClI/c9-8(10)7-2-1-6(11)3-5(7)4-12/h1-3,8H,4H2. The highest BCUT2D eigenvalue weighted by Gasteiger charge is 2.07. The Balaban J connectivity index is 3.11. The van der Waals surface area contributed by atoms with Crippen molar-refractivity contribution in [3.8, 4) is 0 Å². The van der Waals surface area contributed by atoms with Crippen molar-refractivity contribution in [2.45, 2.75) is 8.16 Å². The first-order chi connectivity index (χ1) is 5.65. The van der Waals surface area contributed by atoms with Gasteiger partial charge >= 0.3 is 0 Å². The fourth-order valence-corrected chi connectivity index (χ4v) is 2.65. The van der Waals surface area contributed by atoms with E-state index in [1.165, 1.54) is 11.1 Å². The van der Waals surface area contributed by atoms with Gasteiger partial charge in [-0.2, -0.15) is 0 Å². The molecule has 1 aromatic carbocycles. The monoisotopic (exact) mass is 422 g/mol. The molecule has 12 heavy (non-hydrogen) atoms. The van der Waals surface area contributed by atoms with Gasteiger partial charge in [-0.25, -0.2) is 0 Å². The van der Waals surface area contributed by atoms with Gasteiger partial charge < -0.3 is 0 Å². The van der Waals surface area contributed by atoms with Gasteiger partial charge in [0.2, 0.25) is 0 Å². The van der Waals surface area contributed by atoms with Crippen LogP contribution in [0.25, 0.3) is 0 Å². The minimum atomic E-state index is 0.215. The van der Waals surface area contributed by atoms with Crippen LogP contribution in [0.15, 0.2) is 18.2 Å².